The molecule has 0 saturated carbocycles. The van der Waals surface area contributed by atoms with E-state index in [0.717, 1.165) is 74.9 Å². The van der Waals surface area contributed by atoms with E-state index in [2.05, 4.69) is 70.7 Å². The molecule has 8 nitrogen and oxygen atoms in total. The molecule has 0 unspecified atom stereocenters. The molecule has 1 amide bonds. The molecule has 4 aromatic rings. The maximum absolute atomic E-state index is 12.8. The van der Waals surface area contributed by atoms with Gasteiger partial charge in [-0.2, -0.15) is 0 Å². The molecule has 6 rings (SSSR count). The summed E-state index contributed by atoms with van der Waals surface area (Å²) in [7, 11) is 0.557. The Kier molecular flexibility index (Phi) is 6.53. The molecule has 0 bridgehead atoms. The van der Waals surface area contributed by atoms with Crippen molar-refractivity contribution in [2.45, 2.75) is 32.6 Å². The number of benzene rings is 1. The molecule has 200 valence electrons. The third-order valence-electron chi connectivity index (χ3n) is 7.04. The van der Waals surface area contributed by atoms with Crippen molar-refractivity contribution >= 4 is 57.8 Å². The van der Waals surface area contributed by atoms with Crippen LogP contribution >= 0.6 is 11.3 Å². The Hall–Kier alpha value is -3.52. The third kappa shape index (κ3) is 5.22. The minimum Gasteiger partial charge on any atom is -0.381 e. The summed E-state index contributed by atoms with van der Waals surface area (Å²) in [5, 5.41) is 8.64. The third-order valence-corrected chi connectivity index (χ3v) is 9.07. The summed E-state index contributed by atoms with van der Waals surface area (Å²) in [5.74, 6) is 4.70. The Balaban J connectivity index is 1.45. The number of nitrogens with one attached hydrogen (secondary N) is 2. The average molecular weight is 556 g/mol. The lowest BCUT2D eigenvalue weighted by molar-refractivity contribution is 0.0949. The van der Waals surface area contributed by atoms with Crippen LogP contribution in [0, 0.1) is 11.5 Å². The first kappa shape index (κ1) is 25.7. The Morgan fingerprint density at radius 1 is 1.03 bits per heavy atom. The van der Waals surface area contributed by atoms with Crippen molar-refractivity contribution in [2.75, 3.05) is 50.0 Å². The number of thiophene rings is 1. The summed E-state index contributed by atoms with van der Waals surface area (Å²) >= 11 is 1.52. The van der Waals surface area contributed by atoms with Gasteiger partial charge in [0.15, 0.2) is 0 Å². The van der Waals surface area contributed by atoms with E-state index in [1.165, 1.54) is 11.3 Å². The largest absolute Gasteiger partial charge is 0.381 e. The molecule has 1 saturated heterocycles. The summed E-state index contributed by atoms with van der Waals surface area (Å²) < 4.78 is 1.07. The lowest BCUT2D eigenvalue weighted by Gasteiger charge is -2.33. The number of likely N-dealkylation sites (N-methyl/N-ethyl adjacent to an activating group) is 1. The fraction of sp³-hybridized carbons (Fsp3) is 0.379. The molecule has 0 radical (unpaired) electrons. The maximum atomic E-state index is 12.8. The van der Waals surface area contributed by atoms with Gasteiger partial charge in [0.2, 0.25) is 5.82 Å². The van der Waals surface area contributed by atoms with Crippen LogP contribution in [-0.2, 0) is 0 Å². The number of aromatic nitrogens is 3. The van der Waals surface area contributed by atoms with Gasteiger partial charge < -0.3 is 20.4 Å². The van der Waals surface area contributed by atoms with Crippen LogP contribution in [0.25, 0.3) is 32.4 Å². The van der Waals surface area contributed by atoms with Gasteiger partial charge in [-0.3, -0.25) is 4.79 Å². The predicted octanol–water partition coefficient (Wildman–Crippen LogP) is 4.43. The van der Waals surface area contributed by atoms with E-state index < -0.39 is 8.07 Å². The normalized spacial score (nSPS) is 18.2. The second-order valence-corrected chi connectivity index (χ2v) is 17.3. The molecule has 0 spiro atoms. The van der Waals surface area contributed by atoms with Gasteiger partial charge >= 0.3 is 0 Å². The van der Waals surface area contributed by atoms with Crippen LogP contribution in [0.15, 0.2) is 30.3 Å². The molecule has 1 aromatic carbocycles. The molecule has 2 aliphatic rings. The Morgan fingerprint density at radius 2 is 1.82 bits per heavy atom. The first-order chi connectivity index (χ1) is 18.6. The number of hydrogen-bond acceptors (Lipinski definition) is 8. The fourth-order valence-electron chi connectivity index (χ4n) is 4.93. The highest BCUT2D eigenvalue weighted by molar-refractivity contribution is 7.21. The summed E-state index contributed by atoms with van der Waals surface area (Å²) in [6.45, 7) is 13.2. The highest BCUT2D eigenvalue weighted by Gasteiger charge is 2.25. The lowest BCUT2D eigenvalue weighted by atomic mass is 10.1. The number of fused-ring (bicyclic) bond motifs is 5. The second-order valence-electron chi connectivity index (χ2n) is 11.5. The summed E-state index contributed by atoms with van der Waals surface area (Å²) in [4.78, 5) is 32.9. The first-order valence-electron chi connectivity index (χ1n) is 13.4. The zero-order valence-electron chi connectivity index (χ0n) is 23.1. The van der Waals surface area contributed by atoms with Gasteiger partial charge in [-0.1, -0.05) is 19.6 Å². The number of pyridine rings is 1. The summed E-state index contributed by atoms with van der Waals surface area (Å²) in [6, 6.07) is 10.3. The highest BCUT2D eigenvalue weighted by atomic mass is 32.1. The Morgan fingerprint density at radius 3 is 2.59 bits per heavy atom. The molecule has 0 aliphatic carbocycles. The first-order valence-corrected chi connectivity index (χ1v) is 17.7. The zero-order chi connectivity index (χ0) is 27.3. The van der Waals surface area contributed by atoms with Gasteiger partial charge in [0.25, 0.3) is 5.91 Å². The van der Waals surface area contributed by atoms with Crippen molar-refractivity contribution in [1.29, 1.82) is 0 Å². The Labute approximate surface area is 233 Å². The van der Waals surface area contributed by atoms with Crippen LogP contribution in [0.2, 0.25) is 19.6 Å². The lowest BCUT2D eigenvalue weighted by Crippen LogP contribution is -2.44. The standard InChI is InChI=1S/C29H33N7OSSi/c1-18-17-30-27-26-19-6-7-21(32-20(19)8-9-23(26)38-28(27)29(37)31-18)22-16-25(36-13-11-35(2)12-14-36)34-24(33-22)10-15-39(3,4)5/h6-9,16,18,30H,11-14,17H2,1-5H3,(H,31,37)/t18-/m1/s1. The number of amides is 1. The van der Waals surface area contributed by atoms with Crippen LogP contribution in [0.5, 0.6) is 0 Å². The van der Waals surface area contributed by atoms with E-state index in [-0.39, 0.29) is 11.9 Å². The van der Waals surface area contributed by atoms with Gasteiger partial charge in [-0.25, -0.2) is 15.0 Å². The molecule has 10 heteroatoms. The molecule has 1 atom stereocenters. The Bertz CT molecular complexity index is 1660. The minimum absolute atomic E-state index is 0.0224. The van der Waals surface area contributed by atoms with Crippen molar-refractivity contribution < 1.29 is 4.79 Å². The van der Waals surface area contributed by atoms with Gasteiger partial charge in [0, 0.05) is 60.3 Å². The van der Waals surface area contributed by atoms with Crippen LogP contribution in [0.3, 0.4) is 0 Å². The molecule has 2 N–H and O–H groups in total. The smallest absolute Gasteiger partial charge is 0.263 e. The van der Waals surface area contributed by atoms with Crippen LogP contribution in [0.1, 0.15) is 22.4 Å². The number of carbonyl (C=O) groups excluding carboxylic acids is 1. The average Bonchev–Trinajstić information content (AvgIpc) is 3.23. The van der Waals surface area contributed by atoms with Gasteiger partial charge in [-0.15, -0.1) is 16.9 Å². The van der Waals surface area contributed by atoms with Crippen molar-refractivity contribution in [3.05, 3.63) is 41.0 Å². The minimum atomic E-state index is -1.59. The molecule has 3 aromatic heterocycles. The van der Waals surface area contributed by atoms with Crippen molar-refractivity contribution in [2.24, 2.45) is 0 Å². The SMILES string of the molecule is C[C@@H]1CNc2c(sc3ccc4nc(-c5cc(N6CCN(C)CC6)nc(C#C[Si](C)(C)C)n5)ccc4c23)C(=O)N1. The van der Waals surface area contributed by atoms with E-state index in [1.54, 1.807) is 0 Å². The molecular formula is C29H33N7OSSi. The molecule has 39 heavy (non-hydrogen) atoms. The molecule has 1 fully saturated rings. The van der Waals surface area contributed by atoms with E-state index in [0.29, 0.717) is 12.4 Å². The summed E-state index contributed by atoms with van der Waals surface area (Å²) in [5.41, 5.74) is 6.76. The van der Waals surface area contributed by atoms with E-state index in [4.69, 9.17) is 15.0 Å². The van der Waals surface area contributed by atoms with Gasteiger partial charge in [-0.05, 0) is 44.2 Å². The number of rotatable bonds is 2. The number of hydrogen-bond donors (Lipinski definition) is 2. The number of nitrogens with zero attached hydrogens (tertiary/aromatic N) is 5. The predicted molar refractivity (Wildman–Crippen MR) is 164 cm³/mol. The number of piperazine rings is 1. The fourth-order valence-corrected chi connectivity index (χ4v) is 6.52. The number of carbonyl (C=O) groups is 1. The quantitative estimate of drug-likeness (QED) is 0.280. The van der Waals surface area contributed by atoms with Crippen molar-refractivity contribution in [1.82, 2.24) is 25.2 Å². The van der Waals surface area contributed by atoms with Crippen LogP contribution in [-0.4, -0.2) is 79.6 Å². The maximum Gasteiger partial charge on any atom is 0.263 e. The van der Waals surface area contributed by atoms with E-state index in [1.807, 2.05) is 25.1 Å². The second kappa shape index (κ2) is 9.90. The monoisotopic (exact) mass is 555 g/mol. The van der Waals surface area contributed by atoms with Gasteiger partial charge in [0.1, 0.15) is 18.8 Å². The van der Waals surface area contributed by atoms with E-state index in [9.17, 15) is 4.79 Å². The topological polar surface area (TPSA) is 86.3 Å². The number of anilines is 2. The van der Waals surface area contributed by atoms with E-state index >= 15 is 0 Å². The molecule has 5 heterocycles. The van der Waals surface area contributed by atoms with Crippen LogP contribution < -0.4 is 15.5 Å². The molecular weight excluding hydrogens is 523 g/mol. The van der Waals surface area contributed by atoms with Crippen molar-refractivity contribution in [3.8, 4) is 22.9 Å². The molecule has 2 aliphatic heterocycles. The van der Waals surface area contributed by atoms with Crippen molar-refractivity contribution in [3.63, 3.8) is 0 Å². The summed E-state index contributed by atoms with van der Waals surface area (Å²) in [6.07, 6.45) is 0. The van der Waals surface area contributed by atoms with Crippen LogP contribution in [0.4, 0.5) is 11.5 Å². The zero-order valence-corrected chi connectivity index (χ0v) is 24.9. The highest BCUT2D eigenvalue weighted by Crippen LogP contribution is 2.41. The van der Waals surface area contributed by atoms with Gasteiger partial charge in [0.05, 0.1) is 22.6 Å².